The Morgan fingerprint density at radius 3 is 2.44 bits per heavy atom. The Kier molecular flexibility index (Phi) is 9.13. The summed E-state index contributed by atoms with van der Waals surface area (Å²) in [5.74, 6) is 1.99. The molecule has 1 N–H and O–H groups in total. The van der Waals surface area contributed by atoms with Crippen LogP contribution in [0.25, 0.3) is 0 Å². The van der Waals surface area contributed by atoms with Gasteiger partial charge in [0.25, 0.3) is 0 Å². The third kappa shape index (κ3) is 6.54. The molecule has 1 aliphatic rings. The normalized spacial score (nSPS) is 15.5. The van der Waals surface area contributed by atoms with Crippen LogP contribution in [-0.4, -0.2) is 51.1 Å². The number of hydrogen-bond acceptors (Lipinski definition) is 5. The minimum absolute atomic E-state index is 0.0124. The van der Waals surface area contributed by atoms with E-state index in [2.05, 4.69) is 5.32 Å². The number of carbonyl (C=O) groups is 1. The number of benzene rings is 2. The third-order valence-electron chi connectivity index (χ3n) is 5.32. The van der Waals surface area contributed by atoms with Crippen LogP contribution in [0.15, 0.2) is 47.4 Å². The van der Waals surface area contributed by atoms with Gasteiger partial charge in [0.2, 0.25) is 15.9 Å². The average Bonchev–Trinajstić information content (AvgIpc) is 2.81. The highest BCUT2D eigenvalue weighted by atomic mass is 35.5. The van der Waals surface area contributed by atoms with Gasteiger partial charge in [-0.2, -0.15) is 16.1 Å². The van der Waals surface area contributed by atoms with Crippen molar-refractivity contribution in [3.63, 3.8) is 0 Å². The third-order valence-corrected chi connectivity index (χ3v) is 9.00. The van der Waals surface area contributed by atoms with Crippen LogP contribution in [0.4, 0.5) is 0 Å². The van der Waals surface area contributed by atoms with Crippen LogP contribution in [0.1, 0.15) is 18.4 Å². The number of nitrogens with zero attached hydrogens (tertiary/aromatic N) is 1. The fourth-order valence-electron chi connectivity index (χ4n) is 3.47. The molecular formula is C22H26Cl2N2O4S2. The Hall–Kier alpha value is -1.45. The molecule has 0 spiro atoms. The average molecular weight is 518 g/mol. The second-order valence-electron chi connectivity index (χ2n) is 7.45. The Labute approximate surface area is 203 Å². The highest BCUT2D eigenvalue weighted by Crippen LogP contribution is 2.26. The smallest absolute Gasteiger partial charge is 0.243 e. The van der Waals surface area contributed by atoms with E-state index in [0.717, 1.165) is 17.1 Å². The lowest BCUT2D eigenvalue weighted by Gasteiger charge is -2.30. The minimum atomic E-state index is -3.57. The van der Waals surface area contributed by atoms with Crippen molar-refractivity contribution in [3.8, 4) is 5.75 Å². The molecule has 10 heteroatoms. The summed E-state index contributed by atoms with van der Waals surface area (Å²) in [6, 6.07) is 11.9. The number of ether oxygens (including phenoxy) is 1. The van der Waals surface area contributed by atoms with Gasteiger partial charge >= 0.3 is 0 Å². The highest BCUT2D eigenvalue weighted by Gasteiger charge is 2.32. The van der Waals surface area contributed by atoms with Crippen molar-refractivity contribution in [1.29, 1.82) is 0 Å². The molecule has 0 atom stereocenters. The Bertz CT molecular complexity index is 1020. The number of amides is 1. The predicted molar refractivity (Wildman–Crippen MR) is 130 cm³/mol. The molecule has 1 aliphatic heterocycles. The van der Waals surface area contributed by atoms with E-state index in [-0.39, 0.29) is 16.7 Å². The first-order valence-electron chi connectivity index (χ1n) is 10.2. The minimum Gasteiger partial charge on any atom is -0.497 e. The highest BCUT2D eigenvalue weighted by molar-refractivity contribution is 7.98. The molecule has 0 aliphatic carbocycles. The van der Waals surface area contributed by atoms with Gasteiger partial charge in [0.1, 0.15) is 5.75 Å². The number of carbonyl (C=O) groups excluding carboxylic acids is 1. The number of halogens is 2. The molecule has 1 saturated heterocycles. The van der Waals surface area contributed by atoms with Crippen molar-refractivity contribution in [2.24, 2.45) is 5.92 Å². The van der Waals surface area contributed by atoms with Gasteiger partial charge in [-0.05, 0) is 54.8 Å². The summed E-state index contributed by atoms with van der Waals surface area (Å²) in [4.78, 5) is 12.7. The van der Waals surface area contributed by atoms with Crippen molar-refractivity contribution in [1.82, 2.24) is 9.62 Å². The summed E-state index contributed by atoms with van der Waals surface area (Å²) >= 11 is 13.6. The number of piperidine rings is 1. The van der Waals surface area contributed by atoms with Crippen LogP contribution >= 0.6 is 35.0 Å². The molecule has 0 radical (unpaired) electrons. The lowest BCUT2D eigenvalue weighted by Crippen LogP contribution is -2.43. The Balaban J connectivity index is 1.39. The largest absolute Gasteiger partial charge is 0.497 e. The van der Waals surface area contributed by atoms with E-state index in [1.807, 2.05) is 12.1 Å². The molecule has 1 heterocycles. The van der Waals surface area contributed by atoms with Crippen LogP contribution in [0.2, 0.25) is 10.0 Å². The van der Waals surface area contributed by atoms with Crippen LogP contribution in [0.5, 0.6) is 5.75 Å². The molecule has 1 amide bonds. The molecule has 2 aromatic rings. The van der Waals surface area contributed by atoms with Crippen LogP contribution < -0.4 is 10.1 Å². The number of methoxy groups -OCH3 is 1. The summed E-state index contributed by atoms with van der Waals surface area (Å²) in [5.41, 5.74) is 1.08. The molecule has 174 valence electrons. The zero-order valence-corrected chi connectivity index (χ0v) is 20.9. The number of rotatable bonds is 9. The van der Waals surface area contributed by atoms with Crippen LogP contribution in [0.3, 0.4) is 0 Å². The zero-order chi connectivity index (χ0) is 23.1. The standard InChI is InChI=1S/C22H26Cl2N2O4S2/c1-30-18-3-5-19(6-4-18)32(28,29)26-11-8-17(9-12-26)22(27)25-10-13-31-15-16-2-7-20(23)21(24)14-16/h2-7,14,17H,8-13,15H2,1H3,(H,25,27). The topological polar surface area (TPSA) is 75.7 Å². The maximum absolute atomic E-state index is 12.8. The van der Waals surface area contributed by atoms with Gasteiger partial charge in [0, 0.05) is 37.1 Å². The molecule has 3 rings (SSSR count). The summed E-state index contributed by atoms with van der Waals surface area (Å²) in [6.07, 6.45) is 1.02. The number of hydrogen-bond donors (Lipinski definition) is 1. The summed E-state index contributed by atoms with van der Waals surface area (Å²) in [5, 5.41) is 4.05. The molecule has 0 bridgehead atoms. The Morgan fingerprint density at radius 2 is 1.81 bits per heavy atom. The first-order valence-corrected chi connectivity index (χ1v) is 13.6. The van der Waals surface area contributed by atoms with Gasteiger partial charge in [-0.3, -0.25) is 4.79 Å². The van der Waals surface area contributed by atoms with Gasteiger partial charge in [-0.25, -0.2) is 8.42 Å². The van der Waals surface area contributed by atoms with Crippen molar-refractivity contribution >= 4 is 50.9 Å². The lowest BCUT2D eigenvalue weighted by molar-refractivity contribution is -0.125. The molecule has 6 nitrogen and oxygen atoms in total. The zero-order valence-electron chi connectivity index (χ0n) is 17.7. The van der Waals surface area contributed by atoms with Gasteiger partial charge in [-0.15, -0.1) is 0 Å². The van der Waals surface area contributed by atoms with Gasteiger partial charge < -0.3 is 10.1 Å². The van der Waals surface area contributed by atoms with E-state index in [1.54, 1.807) is 42.1 Å². The van der Waals surface area contributed by atoms with E-state index >= 15 is 0 Å². The fourth-order valence-corrected chi connectivity index (χ4v) is 6.06. The summed E-state index contributed by atoms with van der Waals surface area (Å²) < 4.78 is 32.2. The quantitative estimate of drug-likeness (QED) is 0.498. The molecule has 1 fully saturated rings. The van der Waals surface area contributed by atoms with Crippen molar-refractivity contribution in [3.05, 3.63) is 58.1 Å². The predicted octanol–water partition coefficient (Wildman–Crippen LogP) is 4.45. The van der Waals surface area contributed by atoms with E-state index in [9.17, 15) is 13.2 Å². The molecule has 0 aromatic heterocycles. The van der Waals surface area contributed by atoms with Crippen LogP contribution in [-0.2, 0) is 20.6 Å². The summed E-state index contributed by atoms with van der Waals surface area (Å²) in [7, 11) is -2.03. The maximum atomic E-state index is 12.8. The number of thioether (sulfide) groups is 1. The van der Waals surface area contributed by atoms with Gasteiger partial charge in [0.05, 0.1) is 22.1 Å². The van der Waals surface area contributed by atoms with Crippen molar-refractivity contribution < 1.29 is 17.9 Å². The number of sulfonamides is 1. The molecular weight excluding hydrogens is 491 g/mol. The first kappa shape index (κ1) is 25.2. The number of nitrogens with one attached hydrogen (secondary N) is 1. The van der Waals surface area contributed by atoms with E-state index in [0.29, 0.717) is 48.3 Å². The summed E-state index contributed by atoms with van der Waals surface area (Å²) in [6.45, 7) is 1.23. The first-order chi connectivity index (χ1) is 15.3. The Morgan fingerprint density at radius 1 is 1.12 bits per heavy atom. The monoisotopic (exact) mass is 516 g/mol. The molecule has 0 saturated carbocycles. The van der Waals surface area contributed by atoms with Gasteiger partial charge in [0.15, 0.2) is 0 Å². The fraction of sp³-hybridized carbons (Fsp3) is 0.409. The van der Waals surface area contributed by atoms with Crippen molar-refractivity contribution in [2.75, 3.05) is 32.5 Å². The lowest BCUT2D eigenvalue weighted by atomic mass is 9.97. The SMILES string of the molecule is COc1ccc(S(=O)(=O)N2CCC(C(=O)NCCSCc3ccc(Cl)c(Cl)c3)CC2)cc1. The molecule has 32 heavy (non-hydrogen) atoms. The molecule has 0 unspecified atom stereocenters. The van der Waals surface area contributed by atoms with Crippen molar-refractivity contribution in [2.45, 2.75) is 23.5 Å². The van der Waals surface area contributed by atoms with Gasteiger partial charge in [-0.1, -0.05) is 29.3 Å². The van der Waals surface area contributed by atoms with E-state index in [1.165, 1.54) is 11.4 Å². The second kappa shape index (κ2) is 11.6. The van der Waals surface area contributed by atoms with E-state index < -0.39 is 10.0 Å². The van der Waals surface area contributed by atoms with Crippen LogP contribution in [0, 0.1) is 5.92 Å². The second-order valence-corrected chi connectivity index (χ2v) is 11.3. The van der Waals surface area contributed by atoms with E-state index in [4.69, 9.17) is 27.9 Å². The maximum Gasteiger partial charge on any atom is 0.243 e. The molecule has 2 aromatic carbocycles.